The predicted octanol–water partition coefficient (Wildman–Crippen LogP) is 2.66. The van der Waals surface area contributed by atoms with Gasteiger partial charge >= 0.3 is 0 Å². The SMILES string of the molecule is CC1(CNS(=O)(=O)c2cc(Cl)cc(Cl)c2)CCNCC1. The van der Waals surface area contributed by atoms with Crippen molar-refractivity contribution in [1.82, 2.24) is 10.0 Å². The molecule has 0 bridgehead atoms. The molecule has 112 valence electrons. The van der Waals surface area contributed by atoms with Crippen molar-refractivity contribution in [3.63, 3.8) is 0 Å². The number of halogens is 2. The van der Waals surface area contributed by atoms with E-state index in [9.17, 15) is 8.42 Å². The minimum absolute atomic E-state index is 0.0132. The zero-order valence-electron chi connectivity index (χ0n) is 11.2. The van der Waals surface area contributed by atoms with Crippen LogP contribution in [-0.4, -0.2) is 28.1 Å². The molecule has 0 aliphatic carbocycles. The Morgan fingerprint density at radius 1 is 1.20 bits per heavy atom. The molecule has 7 heteroatoms. The molecule has 0 atom stereocenters. The number of rotatable bonds is 4. The molecule has 2 N–H and O–H groups in total. The molecule has 1 heterocycles. The maximum atomic E-state index is 12.3. The third-order valence-corrected chi connectivity index (χ3v) is 5.46. The van der Waals surface area contributed by atoms with Crippen LogP contribution in [0, 0.1) is 5.41 Å². The standard InChI is InChI=1S/C13H18Cl2N2O2S/c1-13(2-4-16-5-3-13)9-17-20(18,19)12-7-10(14)6-11(15)8-12/h6-8,16-17H,2-5,9H2,1H3. The van der Waals surface area contributed by atoms with Crippen LogP contribution in [-0.2, 0) is 10.0 Å². The van der Waals surface area contributed by atoms with E-state index in [0.29, 0.717) is 16.6 Å². The highest BCUT2D eigenvalue weighted by molar-refractivity contribution is 7.89. The second-order valence-corrected chi connectivity index (χ2v) is 8.13. The quantitative estimate of drug-likeness (QED) is 0.888. The summed E-state index contributed by atoms with van der Waals surface area (Å²) in [4.78, 5) is 0.104. The van der Waals surface area contributed by atoms with Crippen molar-refractivity contribution in [3.05, 3.63) is 28.2 Å². The topological polar surface area (TPSA) is 58.2 Å². The molecular formula is C13H18Cl2N2O2S. The second kappa shape index (κ2) is 6.20. The van der Waals surface area contributed by atoms with Gasteiger partial charge in [0.25, 0.3) is 0 Å². The number of hydrogen-bond acceptors (Lipinski definition) is 3. The van der Waals surface area contributed by atoms with Gasteiger partial charge in [0, 0.05) is 16.6 Å². The van der Waals surface area contributed by atoms with Gasteiger partial charge in [-0.3, -0.25) is 0 Å². The zero-order chi connectivity index (χ0) is 14.8. The van der Waals surface area contributed by atoms with E-state index in [-0.39, 0.29) is 10.3 Å². The summed E-state index contributed by atoms with van der Waals surface area (Å²) < 4.78 is 27.2. The first-order valence-corrected chi connectivity index (χ1v) is 8.71. The highest BCUT2D eigenvalue weighted by atomic mass is 35.5. The fourth-order valence-corrected chi connectivity index (χ4v) is 4.17. The first-order chi connectivity index (χ1) is 9.31. The lowest BCUT2D eigenvalue weighted by Crippen LogP contribution is -2.42. The van der Waals surface area contributed by atoms with Crippen molar-refractivity contribution in [2.75, 3.05) is 19.6 Å². The Bertz CT molecular complexity index is 564. The van der Waals surface area contributed by atoms with Gasteiger partial charge in [0.05, 0.1) is 4.90 Å². The highest BCUT2D eigenvalue weighted by Crippen LogP contribution is 2.28. The average molecular weight is 337 g/mol. The highest BCUT2D eigenvalue weighted by Gasteiger charge is 2.28. The number of sulfonamides is 1. The second-order valence-electron chi connectivity index (χ2n) is 5.49. The lowest BCUT2D eigenvalue weighted by atomic mass is 9.81. The van der Waals surface area contributed by atoms with E-state index in [2.05, 4.69) is 17.0 Å². The summed E-state index contributed by atoms with van der Waals surface area (Å²) in [5, 5.41) is 3.89. The number of piperidine rings is 1. The van der Waals surface area contributed by atoms with Gasteiger partial charge in [0.2, 0.25) is 10.0 Å². The summed E-state index contributed by atoms with van der Waals surface area (Å²) in [7, 11) is -3.58. The van der Waals surface area contributed by atoms with Gasteiger partial charge in [0.1, 0.15) is 0 Å². The van der Waals surface area contributed by atoms with Crippen molar-refractivity contribution >= 4 is 33.2 Å². The molecule has 4 nitrogen and oxygen atoms in total. The van der Waals surface area contributed by atoms with Crippen molar-refractivity contribution in [3.8, 4) is 0 Å². The molecule has 0 spiro atoms. The van der Waals surface area contributed by atoms with Gasteiger partial charge < -0.3 is 5.32 Å². The van der Waals surface area contributed by atoms with Crippen LogP contribution < -0.4 is 10.0 Å². The van der Waals surface area contributed by atoms with Crippen LogP contribution in [0.5, 0.6) is 0 Å². The molecule has 1 aliphatic rings. The van der Waals surface area contributed by atoms with Crippen LogP contribution in [0.25, 0.3) is 0 Å². The first-order valence-electron chi connectivity index (χ1n) is 6.47. The molecule has 0 saturated carbocycles. The van der Waals surface area contributed by atoms with E-state index in [1.807, 2.05) is 0 Å². The Balaban J connectivity index is 2.11. The monoisotopic (exact) mass is 336 g/mol. The molecular weight excluding hydrogens is 319 g/mol. The summed E-state index contributed by atoms with van der Waals surface area (Å²) in [5.41, 5.74) is -0.0132. The first kappa shape index (κ1) is 16.0. The molecule has 1 saturated heterocycles. The zero-order valence-corrected chi connectivity index (χ0v) is 13.6. The maximum absolute atomic E-state index is 12.3. The molecule has 0 aromatic heterocycles. The normalized spacial score (nSPS) is 18.9. The van der Waals surface area contributed by atoms with Gasteiger partial charge in [-0.25, -0.2) is 13.1 Å². The van der Waals surface area contributed by atoms with E-state index in [4.69, 9.17) is 23.2 Å². The van der Waals surface area contributed by atoms with Crippen molar-refractivity contribution in [1.29, 1.82) is 0 Å². The lowest BCUT2D eigenvalue weighted by molar-refractivity contribution is 0.232. The fourth-order valence-electron chi connectivity index (χ4n) is 2.24. The van der Waals surface area contributed by atoms with E-state index >= 15 is 0 Å². The minimum Gasteiger partial charge on any atom is -0.317 e. The number of benzene rings is 1. The maximum Gasteiger partial charge on any atom is 0.240 e. The molecule has 0 amide bonds. The van der Waals surface area contributed by atoms with Crippen LogP contribution in [0.3, 0.4) is 0 Å². The summed E-state index contributed by atoms with van der Waals surface area (Å²) >= 11 is 11.7. The van der Waals surface area contributed by atoms with Crippen molar-refractivity contribution in [2.45, 2.75) is 24.7 Å². The Kier molecular flexibility index (Phi) is 4.97. The molecule has 1 aromatic rings. The predicted molar refractivity (Wildman–Crippen MR) is 81.9 cm³/mol. The van der Waals surface area contributed by atoms with Crippen LogP contribution in [0.4, 0.5) is 0 Å². The van der Waals surface area contributed by atoms with E-state index < -0.39 is 10.0 Å². The third kappa shape index (κ3) is 4.09. The number of nitrogens with one attached hydrogen (secondary N) is 2. The molecule has 20 heavy (non-hydrogen) atoms. The van der Waals surface area contributed by atoms with Crippen molar-refractivity contribution in [2.24, 2.45) is 5.41 Å². The molecule has 1 aliphatic heterocycles. The van der Waals surface area contributed by atoms with Gasteiger partial charge in [-0.1, -0.05) is 30.1 Å². The van der Waals surface area contributed by atoms with Gasteiger partial charge in [-0.05, 0) is 49.5 Å². The molecule has 1 fully saturated rings. The lowest BCUT2D eigenvalue weighted by Gasteiger charge is -2.34. The average Bonchev–Trinajstić information content (AvgIpc) is 2.37. The largest absolute Gasteiger partial charge is 0.317 e. The third-order valence-electron chi connectivity index (χ3n) is 3.65. The minimum atomic E-state index is -3.58. The van der Waals surface area contributed by atoms with Crippen LogP contribution in [0.2, 0.25) is 10.0 Å². The molecule has 0 unspecified atom stereocenters. The molecule has 2 rings (SSSR count). The van der Waals surface area contributed by atoms with E-state index in [1.54, 1.807) is 0 Å². The number of hydrogen-bond donors (Lipinski definition) is 2. The summed E-state index contributed by atoms with van der Waals surface area (Å²) in [5.74, 6) is 0. The Hall–Kier alpha value is -0.330. The Morgan fingerprint density at radius 3 is 2.30 bits per heavy atom. The smallest absolute Gasteiger partial charge is 0.240 e. The van der Waals surface area contributed by atoms with E-state index in [0.717, 1.165) is 25.9 Å². The van der Waals surface area contributed by atoms with Crippen LogP contribution >= 0.6 is 23.2 Å². The summed E-state index contributed by atoms with van der Waals surface area (Å²) in [6.45, 7) is 4.35. The van der Waals surface area contributed by atoms with Crippen molar-refractivity contribution < 1.29 is 8.42 Å². The van der Waals surface area contributed by atoms with Gasteiger partial charge in [-0.2, -0.15) is 0 Å². The van der Waals surface area contributed by atoms with Crippen LogP contribution in [0.15, 0.2) is 23.1 Å². The summed E-state index contributed by atoms with van der Waals surface area (Å²) in [6.07, 6.45) is 1.90. The Morgan fingerprint density at radius 2 is 1.75 bits per heavy atom. The van der Waals surface area contributed by atoms with E-state index in [1.165, 1.54) is 18.2 Å². The molecule has 1 aromatic carbocycles. The van der Waals surface area contributed by atoms with Gasteiger partial charge in [-0.15, -0.1) is 0 Å². The molecule has 0 radical (unpaired) electrons. The summed E-state index contributed by atoms with van der Waals surface area (Å²) in [6, 6.07) is 4.32. The fraction of sp³-hybridized carbons (Fsp3) is 0.538. The van der Waals surface area contributed by atoms with Crippen LogP contribution in [0.1, 0.15) is 19.8 Å². The Labute approximate surface area is 129 Å². The van der Waals surface area contributed by atoms with Gasteiger partial charge in [0.15, 0.2) is 0 Å².